The SMILES string of the molecule is CCS(=O)(=O)CCn1nc(C)c(CCCNC(C)C)c1C. The number of aromatic nitrogens is 2. The number of hydrogen-bond donors (Lipinski definition) is 1. The Morgan fingerprint density at radius 2 is 1.95 bits per heavy atom. The van der Waals surface area contributed by atoms with Crippen LogP contribution < -0.4 is 5.32 Å². The van der Waals surface area contributed by atoms with Crippen LogP contribution in [0.5, 0.6) is 0 Å². The minimum absolute atomic E-state index is 0.166. The summed E-state index contributed by atoms with van der Waals surface area (Å²) >= 11 is 0. The van der Waals surface area contributed by atoms with Crippen molar-refractivity contribution in [3.8, 4) is 0 Å². The highest BCUT2D eigenvalue weighted by Gasteiger charge is 2.14. The van der Waals surface area contributed by atoms with Gasteiger partial charge in [0, 0.05) is 17.5 Å². The molecule has 1 aromatic rings. The van der Waals surface area contributed by atoms with Gasteiger partial charge in [0.2, 0.25) is 0 Å². The normalized spacial score (nSPS) is 12.3. The Labute approximate surface area is 129 Å². The van der Waals surface area contributed by atoms with E-state index < -0.39 is 9.84 Å². The lowest BCUT2D eigenvalue weighted by Gasteiger charge is -2.08. The van der Waals surface area contributed by atoms with Crippen LogP contribution in [0.2, 0.25) is 0 Å². The van der Waals surface area contributed by atoms with Gasteiger partial charge in [-0.25, -0.2) is 8.42 Å². The van der Waals surface area contributed by atoms with Gasteiger partial charge in [0.05, 0.1) is 18.0 Å². The van der Waals surface area contributed by atoms with Gasteiger partial charge in [-0.05, 0) is 38.8 Å². The average molecular weight is 315 g/mol. The fourth-order valence-electron chi connectivity index (χ4n) is 2.34. The second-order valence-corrected chi connectivity index (χ2v) is 8.29. The average Bonchev–Trinajstić information content (AvgIpc) is 2.68. The molecular weight excluding hydrogens is 286 g/mol. The van der Waals surface area contributed by atoms with E-state index in [0.29, 0.717) is 12.6 Å². The summed E-state index contributed by atoms with van der Waals surface area (Å²) in [5.74, 6) is 0.361. The van der Waals surface area contributed by atoms with Crippen molar-refractivity contribution in [2.45, 2.75) is 60.0 Å². The van der Waals surface area contributed by atoms with Crippen molar-refractivity contribution in [2.75, 3.05) is 18.1 Å². The van der Waals surface area contributed by atoms with Crippen LogP contribution in [0, 0.1) is 13.8 Å². The molecule has 0 aliphatic rings. The molecule has 6 heteroatoms. The molecule has 1 rings (SSSR count). The van der Waals surface area contributed by atoms with Crippen LogP contribution in [0.25, 0.3) is 0 Å². The van der Waals surface area contributed by atoms with Gasteiger partial charge in [-0.3, -0.25) is 4.68 Å². The first-order chi connectivity index (χ1) is 9.76. The number of rotatable bonds is 9. The maximum absolute atomic E-state index is 11.6. The van der Waals surface area contributed by atoms with E-state index in [1.807, 2.05) is 18.5 Å². The molecule has 1 heterocycles. The number of nitrogens with zero attached hydrogens (tertiary/aromatic N) is 2. The highest BCUT2D eigenvalue weighted by molar-refractivity contribution is 7.91. The van der Waals surface area contributed by atoms with Crippen molar-refractivity contribution in [3.05, 3.63) is 17.0 Å². The monoisotopic (exact) mass is 315 g/mol. The highest BCUT2D eigenvalue weighted by atomic mass is 32.2. The van der Waals surface area contributed by atoms with E-state index in [4.69, 9.17) is 0 Å². The lowest BCUT2D eigenvalue weighted by molar-refractivity contribution is 0.568. The first-order valence-electron chi connectivity index (χ1n) is 7.73. The van der Waals surface area contributed by atoms with E-state index in [1.165, 1.54) is 5.56 Å². The third-order valence-electron chi connectivity index (χ3n) is 3.74. The van der Waals surface area contributed by atoms with Crippen molar-refractivity contribution in [1.29, 1.82) is 0 Å². The minimum Gasteiger partial charge on any atom is -0.315 e. The molecular formula is C15H29N3O2S. The molecule has 0 amide bonds. The Morgan fingerprint density at radius 1 is 1.29 bits per heavy atom. The fraction of sp³-hybridized carbons (Fsp3) is 0.800. The maximum Gasteiger partial charge on any atom is 0.151 e. The van der Waals surface area contributed by atoms with Crippen LogP contribution in [-0.2, 0) is 22.8 Å². The molecule has 1 N–H and O–H groups in total. The van der Waals surface area contributed by atoms with Gasteiger partial charge >= 0.3 is 0 Å². The van der Waals surface area contributed by atoms with Crippen LogP contribution in [0.3, 0.4) is 0 Å². The summed E-state index contributed by atoms with van der Waals surface area (Å²) < 4.78 is 25.0. The standard InChI is InChI=1S/C15H29N3O2S/c1-6-21(19,20)11-10-18-14(5)15(13(4)17-18)8-7-9-16-12(2)3/h12,16H,6-11H2,1-5H3. The zero-order valence-electron chi connectivity index (χ0n) is 13.9. The Bertz CT molecular complexity index is 548. The highest BCUT2D eigenvalue weighted by Crippen LogP contribution is 2.15. The largest absolute Gasteiger partial charge is 0.315 e. The first kappa shape index (κ1) is 18.2. The van der Waals surface area contributed by atoms with Crippen LogP contribution in [0.1, 0.15) is 44.1 Å². The third-order valence-corrected chi connectivity index (χ3v) is 5.43. The number of hydrogen-bond acceptors (Lipinski definition) is 4. The summed E-state index contributed by atoms with van der Waals surface area (Å²) in [5, 5.41) is 7.90. The summed E-state index contributed by atoms with van der Waals surface area (Å²) in [7, 11) is -2.94. The summed E-state index contributed by atoms with van der Waals surface area (Å²) in [6.45, 7) is 11.4. The van der Waals surface area contributed by atoms with E-state index in [0.717, 1.165) is 30.8 Å². The quantitative estimate of drug-likeness (QED) is 0.707. The Kier molecular flexibility index (Phi) is 6.87. The van der Waals surface area contributed by atoms with E-state index in [9.17, 15) is 8.42 Å². The van der Waals surface area contributed by atoms with Crippen molar-refractivity contribution in [2.24, 2.45) is 0 Å². The van der Waals surface area contributed by atoms with Crippen molar-refractivity contribution < 1.29 is 8.42 Å². The third kappa shape index (κ3) is 5.79. The predicted octanol–water partition coefficient (Wildman–Crippen LogP) is 1.87. The second-order valence-electron chi connectivity index (χ2n) is 5.82. The van der Waals surface area contributed by atoms with Gasteiger partial charge in [-0.15, -0.1) is 0 Å². The predicted molar refractivity (Wildman–Crippen MR) is 87.5 cm³/mol. The minimum atomic E-state index is -2.94. The van der Waals surface area contributed by atoms with Crippen molar-refractivity contribution in [1.82, 2.24) is 15.1 Å². The van der Waals surface area contributed by atoms with Crippen LogP contribution >= 0.6 is 0 Å². The molecule has 0 aliphatic heterocycles. The second kappa shape index (κ2) is 7.94. The van der Waals surface area contributed by atoms with Crippen molar-refractivity contribution in [3.63, 3.8) is 0 Å². The van der Waals surface area contributed by atoms with E-state index in [2.05, 4.69) is 24.3 Å². The molecule has 0 saturated carbocycles. The van der Waals surface area contributed by atoms with Gasteiger partial charge in [-0.2, -0.15) is 5.10 Å². The van der Waals surface area contributed by atoms with Gasteiger partial charge in [0.15, 0.2) is 9.84 Å². The molecule has 0 saturated heterocycles. The van der Waals surface area contributed by atoms with Gasteiger partial charge in [-0.1, -0.05) is 20.8 Å². The molecule has 0 unspecified atom stereocenters. The van der Waals surface area contributed by atoms with E-state index >= 15 is 0 Å². The van der Waals surface area contributed by atoms with Crippen LogP contribution in [0.15, 0.2) is 0 Å². The number of nitrogens with one attached hydrogen (secondary N) is 1. The molecule has 1 aromatic heterocycles. The fourth-order valence-corrected chi connectivity index (χ4v) is 3.08. The molecule has 0 bridgehead atoms. The van der Waals surface area contributed by atoms with Gasteiger partial charge in [0.25, 0.3) is 0 Å². The van der Waals surface area contributed by atoms with E-state index in [-0.39, 0.29) is 11.5 Å². The molecule has 0 aromatic carbocycles. The van der Waals surface area contributed by atoms with E-state index in [1.54, 1.807) is 6.92 Å². The summed E-state index contributed by atoms with van der Waals surface area (Å²) in [4.78, 5) is 0. The summed E-state index contributed by atoms with van der Waals surface area (Å²) in [6, 6.07) is 0.508. The molecule has 0 aliphatic carbocycles. The molecule has 5 nitrogen and oxygen atoms in total. The first-order valence-corrected chi connectivity index (χ1v) is 9.55. The zero-order valence-corrected chi connectivity index (χ0v) is 14.8. The lowest BCUT2D eigenvalue weighted by atomic mass is 10.1. The molecule has 0 radical (unpaired) electrons. The maximum atomic E-state index is 11.6. The molecule has 122 valence electrons. The van der Waals surface area contributed by atoms with Crippen molar-refractivity contribution >= 4 is 9.84 Å². The molecule has 0 fully saturated rings. The number of aryl methyl sites for hydroxylation is 2. The lowest BCUT2D eigenvalue weighted by Crippen LogP contribution is -2.24. The molecule has 21 heavy (non-hydrogen) atoms. The Morgan fingerprint density at radius 3 is 2.52 bits per heavy atom. The molecule has 0 atom stereocenters. The topological polar surface area (TPSA) is 64.0 Å². The van der Waals surface area contributed by atoms with Gasteiger partial charge < -0.3 is 5.32 Å². The number of sulfone groups is 1. The Hall–Kier alpha value is -0.880. The van der Waals surface area contributed by atoms with Crippen LogP contribution in [-0.4, -0.2) is 42.3 Å². The van der Waals surface area contributed by atoms with Gasteiger partial charge in [0.1, 0.15) is 0 Å². The Balaban J connectivity index is 2.63. The summed E-state index contributed by atoms with van der Waals surface area (Å²) in [5.41, 5.74) is 3.38. The molecule has 0 spiro atoms. The van der Waals surface area contributed by atoms with Crippen LogP contribution in [0.4, 0.5) is 0 Å². The summed E-state index contributed by atoms with van der Waals surface area (Å²) in [6.07, 6.45) is 2.05. The zero-order chi connectivity index (χ0) is 16.0. The smallest absolute Gasteiger partial charge is 0.151 e.